The second kappa shape index (κ2) is 11.2. The van der Waals surface area contributed by atoms with Crippen LogP contribution in [-0.4, -0.2) is 36.1 Å². The molecule has 0 aliphatic carbocycles. The summed E-state index contributed by atoms with van der Waals surface area (Å²) in [4.78, 5) is 16.3. The predicted molar refractivity (Wildman–Crippen MR) is 121 cm³/mol. The molecule has 10 heteroatoms. The number of amides is 1. The molecule has 33 heavy (non-hydrogen) atoms. The Labute approximate surface area is 192 Å². The second-order valence-corrected chi connectivity index (χ2v) is 8.05. The van der Waals surface area contributed by atoms with Crippen LogP contribution in [0.15, 0.2) is 59.6 Å². The molecule has 1 aromatic heterocycles. The Morgan fingerprint density at radius 1 is 1.18 bits per heavy atom. The monoisotopic (exact) mass is 479 g/mol. The Morgan fingerprint density at radius 2 is 2.00 bits per heavy atom. The van der Waals surface area contributed by atoms with Crippen LogP contribution in [0.1, 0.15) is 11.1 Å². The maximum atomic E-state index is 13.2. The third-order valence-corrected chi connectivity index (χ3v) is 5.45. The number of ether oxygens (including phenoxy) is 1. The second-order valence-electron chi connectivity index (χ2n) is 7.03. The summed E-state index contributed by atoms with van der Waals surface area (Å²) in [5.41, 5.74) is 7.36. The Kier molecular flexibility index (Phi) is 8.29. The molecule has 1 amide bonds. The number of alkyl halides is 3. The van der Waals surface area contributed by atoms with E-state index in [2.05, 4.69) is 10.3 Å². The predicted octanol–water partition coefficient (Wildman–Crippen LogP) is 4.66. The Bertz CT molecular complexity index is 1150. The van der Waals surface area contributed by atoms with Crippen LogP contribution in [0.3, 0.4) is 0 Å². The van der Waals surface area contributed by atoms with Crippen molar-refractivity contribution in [1.29, 1.82) is 0 Å². The first-order valence-electron chi connectivity index (χ1n) is 9.89. The van der Waals surface area contributed by atoms with Crippen LogP contribution in [-0.2, 0) is 11.2 Å². The van der Waals surface area contributed by atoms with Crippen molar-refractivity contribution in [3.8, 4) is 5.75 Å². The minimum atomic E-state index is -4.47. The van der Waals surface area contributed by atoms with Crippen molar-refractivity contribution in [3.05, 3.63) is 76.6 Å². The van der Waals surface area contributed by atoms with Crippen LogP contribution in [0, 0.1) is 5.82 Å². The number of carbonyl (C=O) groups excluding carboxylic acids is 1. The van der Waals surface area contributed by atoms with E-state index in [1.165, 1.54) is 36.2 Å². The third kappa shape index (κ3) is 7.76. The molecule has 2 aromatic carbocycles. The zero-order valence-electron chi connectivity index (χ0n) is 17.4. The molecule has 174 valence electrons. The van der Waals surface area contributed by atoms with Crippen LogP contribution in [0.4, 0.5) is 17.6 Å². The number of hydrogen-bond donors (Lipinski definition) is 2. The first-order valence-corrected chi connectivity index (χ1v) is 10.9. The van der Waals surface area contributed by atoms with Crippen LogP contribution >= 0.6 is 11.8 Å². The summed E-state index contributed by atoms with van der Waals surface area (Å²) in [6, 6.07) is 12.6. The fraction of sp³-hybridized carbons (Fsp3) is 0.217. The van der Waals surface area contributed by atoms with E-state index in [0.29, 0.717) is 35.3 Å². The van der Waals surface area contributed by atoms with Crippen molar-refractivity contribution in [1.82, 2.24) is 10.3 Å². The highest BCUT2D eigenvalue weighted by Crippen LogP contribution is 2.28. The molecular weight excluding hydrogens is 458 g/mol. The third-order valence-electron chi connectivity index (χ3n) is 4.47. The summed E-state index contributed by atoms with van der Waals surface area (Å²) >= 11 is 1.19. The molecule has 3 aromatic rings. The highest BCUT2D eigenvalue weighted by Gasteiger charge is 2.28. The Balaban J connectivity index is 1.66. The van der Waals surface area contributed by atoms with Crippen molar-refractivity contribution in [2.24, 2.45) is 5.73 Å². The normalized spacial score (nSPS) is 12.2. The van der Waals surface area contributed by atoms with E-state index < -0.39 is 18.7 Å². The molecule has 0 spiro atoms. The summed E-state index contributed by atoms with van der Waals surface area (Å²) in [7, 11) is 0. The van der Waals surface area contributed by atoms with Crippen molar-refractivity contribution >= 4 is 34.6 Å². The first-order chi connectivity index (χ1) is 15.7. The molecule has 0 radical (unpaired) electrons. The van der Waals surface area contributed by atoms with E-state index in [9.17, 15) is 22.4 Å². The minimum Gasteiger partial charge on any atom is -0.483 e. The highest BCUT2D eigenvalue weighted by atomic mass is 32.2. The number of hydrogen-bond acceptors (Lipinski definition) is 5. The van der Waals surface area contributed by atoms with Crippen LogP contribution < -0.4 is 15.8 Å². The molecule has 5 nitrogen and oxygen atoms in total. The van der Waals surface area contributed by atoms with Gasteiger partial charge in [0.25, 0.3) is 5.91 Å². The molecular formula is C23H21F4N3O2S. The average molecular weight is 479 g/mol. The highest BCUT2D eigenvalue weighted by molar-refractivity contribution is 8.04. The quantitative estimate of drug-likeness (QED) is 0.191. The van der Waals surface area contributed by atoms with Gasteiger partial charge in [-0.1, -0.05) is 18.2 Å². The summed E-state index contributed by atoms with van der Waals surface area (Å²) in [6.07, 6.45) is -0.929. The fourth-order valence-corrected chi connectivity index (χ4v) is 3.74. The lowest BCUT2D eigenvalue weighted by atomic mass is 10.1. The summed E-state index contributed by atoms with van der Waals surface area (Å²) in [5.74, 6) is -0.496. The molecule has 3 rings (SSSR count). The largest absolute Gasteiger partial charge is 0.483 e. The number of primary amides is 1. The Hall–Kier alpha value is -3.11. The zero-order valence-corrected chi connectivity index (χ0v) is 18.2. The van der Waals surface area contributed by atoms with Gasteiger partial charge in [-0.25, -0.2) is 4.39 Å². The number of halogens is 4. The maximum Gasteiger partial charge on any atom is 0.422 e. The average Bonchev–Trinajstić information content (AvgIpc) is 2.76. The van der Waals surface area contributed by atoms with Gasteiger partial charge in [0.2, 0.25) is 0 Å². The molecule has 0 saturated heterocycles. The molecule has 1 heterocycles. The fourth-order valence-electron chi connectivity index (χ4n) is 2.98. The molecule has 0 saturated carbocycles. The van der Waals surface area contributed by atoms with Crippen LogP contribution in [0.25, 0.3) is 17.0 Å². The molecule has 0 fully saturated rings. The molecule has 0 bridgehead atoms. The molecule has 0 atom stereocenters. The van der Waals surface area contributed by atoms with Crippen LogP contribution in [0.2, 0.25) is 0 Å². The van der Waals surface area contributed by atoms with Gasteiger partial charge in [-0.05, 0) is 60.5 Å². The zero-order chi connectivity index (χ0) is 23.8. The van der Waals surface area contributed by atoms with E-state index >= 15 is 0 Å². The summed E-state index contributed by atoms with van der Waals surface area (Å²) in [5, 5.41) is 3.54. The van der Waals surface area contributed by atoms with E-state index in [1.807, 2.05) is 6.07 Å². The lowest BCUT2D eigenvalue weighted by Gasteiger charge is -2.11. The number of rotatable bonds is 10. The van der Waals surface area contributed by atoms with Gasteiger partial charge in [-0.15, -0.1) is 11.8 Å². The Morgan fingerprint density at radius 3 is 2.73 bits per heavy atom. The number of pyridine rings is 1. The molecule has 0 aliphatic heterocycles. The number of carbonyl (C=O) groups is 1. The van der Waals surface area contributed by atoms with Gasteiger partial charge in [0.05, 0.1) is 10.4 Å². The van der Waals surface area contributed by atoms with Gasteiger partial charge in [0.15, 0.2) is 6.61 Å². The number of nitrogens with two attached hydrogens (primary N) is 1. The maximum absolute atomic E-state index is 13.2. The number of nitrogens with zero attached hydrogens (tertiary/aromatic N) is 1. The number of fused-ring (bicyclic) bond motifs is 1. The number of thioether (sulfide) groups is 1. The van der Waals surface area contributed by atoms with Crippen molar-refractivity contribution in [2.75, 3.05) is 19.0 Å². The van der Waals surface area contributed by atoms with Crippen molar-refractivity contribution in [3.63, 3.8) is 0 Å². The minimum absolute atomic E-state index is 0.0415. The summed E-state index contributed by atoms with van der Waals surface area (Å²) < 4.78 is 55.8. The van der Waals surface area contributed by atoms with Crippen molar-refractivity contribution in [2.45, 2.75) is 12.6 Å². The first kappa shape index (κ1) is 24.5. The SMILES string of the molecule is NC(=O)/C(=C/c1ccc2nccc(OCC(F)(F)F)c2c1)SCNCCc1cccc(F)c1. The lowest BCUT2D eigenvalue weighted by molar-refractivity contribution is -0.153. The van der Waals surface area contributed by atoms with Gasteiger partial charge >= 0.3 is 6.18 Å². The lowest BCUT2D eigenvalue weighted by Crippen LogP contribution is -2.19. The van der Waals surface area contributed by atoms with Crippen molar-refractivity contribution < 1.29 is 27.1 Å². The number of nitrogens with one attached hydrogen (secondary N) is 1. The molecule has 0 aliphatic rings. The standard InChI is InChI=1S/C23H21F4N3O2S/c24-17-3-1-2-15(10-17)6-8-29-14-33-21(22(28)31)12-16-4-5-19-18(11-16)20(7-9-30-19)32-13-23(25,26)27/h1-5,7,9-12,29H,6,8,13-14H2,(H2,28,31)/b21-12-. The van der Waals surface area contributed by atoms with E-state index in [1.54, 1.807) is 30.3 Å². The van der Waals surface area contributed by atoms with Crippen LogP contribution in [0.5, 0.6) is 5.75 Å². The molecule has 0 unspecified atom stereocenters. The number of aromatic nitrogens is 1. The van der Waals surface area contributed by atoms with Gasteiger partial charge in [-0.3, -0.25) is 9.78 Å². The number of benzene rings is 2. The van der Waals surface area contributed by atoms with E-state index in [-0.39, 0.29) is 16.5 Å². The van der Waals surface area contributed by atoms with Gasteiger partial charge in [-0.2, -0.15) is 13.2 Å². The van der Waals surface area contributed by atoms with Gasteiger partial charge in [0.1, 0.15) is 11.6 Å². The topological polar surface area (TPSA) is 77.2 Å². The smallest absolute Gasteiger partial charge is 0.422 e. The molecule has 3 N–H and O–H groups in total. The van der Waals surface area contributed by atoms with Gasteiger partial charge < -0.3 is 15.8 Å². The van der Waals surface area contributed by atoms with E-state index in [4.69, 9.17) is 10.5 Å². The van der Waals surface area contributed by atoms with Gasteiger partial charge in [0, 0.05) is 17.5 Å². The summed E-state index contributed by atoms with van der Waals surface area (Å²) in [6.45, 7) is -0.847. The van der Waals surface area contributed by atoms with E-state index in [0.717, 1.165) is 5.56 Å².